The van der Waals surface area contributed by atoms with E-state index in [0.717, 1.165) is 6.54 Å². The van der Waals surface area contributed by atoms with Gasteiger partial charge in [-0.1, -0.05) is 6.92 Å². The summed E-state index contributed by atoms with van der Waals surface area (Å²) in [6.07, 6.45) is 4.00. The molecule has 0 aromatic rings. The van der Waals surface area contributed by atoms with Crippen LogP contribution < -0.4 is 5.32 Å². The van der Waals surface area contributed by atoms with Crippen LogP contribution in [-0.4, -0.2) is 23.8 Å². The topological polar surface area (TPSA) is 32.3 Å². The molecule has 12 heavy (non-hydrogen) atoms. The van der Waals surface area contributed by atoms with E-state index < -0.39 is 5.60 Å². The Morgan fingerprint density at radius 2 is 2.00 bits per heavy atom. The molecule has 0 aromatic carbocycles. The fourth-order valence-electron chi connectivity index (χ4n) is 1.47. The van der Waals surface area contributed by atoms with E-state index in [2.05, 4.69) is 12.2 Å². The van der Waals surface area contributed by atoms with Crippen LogP contribution >= 0.6 is 0 Å². The van der Waals surface area contributed by atoms with Crippen molar-refractivity contribution in [2.24, 2.45) is 5.41 Å². The van der Waals surface area contributed by atoms with Crippen LogP contribution in [0.15, 0.2) is 0 Å². The number of nitrogens with one attached hydrogen (secondary N) is 1. The molecule has 0 spiro atoms. The van der Waals surface area contributed by atoms with Crippen molar-refractivity contribution in [2.75, 3.05) is 13.1 Å². The highest BCUT2D eigenvalue weighted by molar-refractivity contribution is 4.93. The maximum atomic E-state index is 9.45. The van der Waals surface area contributed by atoms with Gasteiger partial charge in [-0.2, -0.15) is 0 Å². The zero-order valence-electron chi connectivity index (χ0n) is 8.48. The van der Waals surface area contributed by atoms with Crippen molar-refractivity contribution in [3.05, 3.63) is 0 Å². The minimum Gasteiger partial charge on any atom is -0.389 e. The van der Waals surface area contributed by atoms with Gasteiger partial charge in [-0.15, -0.1) is 0 Å². The molecule has 0 aliphatic heterocycles. The Morgan fingerprint density at radius 3 is 2.33 bits per heavy atom. The third kappa shape index (κ3) is 3.11. The van der Waals surface area contributed by atoms with Crippen molar-refractivity contribution in [3.8, 4) is 0 Å². The molecule has 0 aromatic heterocycles. The SMILES string of the molecule is CCC1(CNCC(C)(C)O)CC1. The van der Waals surface area contributed by atoms with E-state index in [-0.39, 0.29) is 0 Å². The molecule has 2 nitrogen and oxygen atoms in total. The lowest BCUT2D eigenvalue weighted by molar-refractivity contribution is 0.0782. The normalized spacial score (nSPS) is 21.0. The Kier molecular flexibility index (Phi) is 2.79. The molecule has 1 saturated carbocycles. The quantitative estimate of drug-likeness (QED) is 0.657. The van der Waals surface area contributed by atoms with E-state index in [1.807, 2.05) is 13.8 Å². The third-order valence-electron chi connectivity index (χ3n) is 2.76. The zero-order valence-corrected chi connectivity index (χ0v) is 8.48. The van der Waals surface area contributed by atoms with E-state index in [1.165, 1.54) is 19.3 Å². The minimum absolute atomic E-state index is 0.566. The fourth-order valence-corrected chi connectivity index (χ4v) is 1.47. The molecule has 1 rings (SSSR count). The molecule has 0 radical (unpaired) electrons. The molecular formula is C10H21NO. The molecule has 72 valence electrons. The largest absolute Gasteiger partial charge is 0.389 e. The van der Waals surface area contributed by atoms with Crippen LogP contribution in [0.5, 0.6) is 0 Å². The van der Waals surface area contributed by atoms with Crippen LogP contribution in [-0.2, 0) is 0 Å². The maximum absolute atomic E-state index is 9.45. The van der Waals surface area contributed by atoms with Crippen molar-refractivity contribution in [1.29, 1.82) is 0 Å². The summed E-state index contributed by atoms with van der Waals surface area (Å²) < 4.78 is 0. The van der Waals surface area contributed by atoms with Crippen molar-refractivity contribution in [2.45, 2.75) is 45.6 Å². The molecule has 0 amide bonds. The summed E-state index contributed by atoms with van der Waals surface area (Å²) in [5, 5.41) is 12.8. The van der Waals surface area contributed by atoms with Gasteiger partial charge in [-0.25, -0.2) is 0 Å². The summed E-state index contributed by atoms with van der Waals surface area (Å²) >= 11 is 0. The smallest absolute Gasteiger partial charge is 0.0715 e. The summed E-state index contributed by atoms with van der Waals surface area (Å²) in [6.45, 7) is 7.71. The van der Waals surface area contributed by atoms with Crippen LogP contribution in [0.2, 0.25) is 0 Å². The first-order valence-corrected chi connectivity index (χ1v) is 4.91. The first kappa shape index (κ1) is 10.0. The van der Waals surface area contributed by atoms with Crippen molar-refractivity contribution in [1.82, 2.24) is 5.32 Å². The zero-order chi connectivity index (χ0) is 9.24. The molecule has 0 unspecified atom stereocenters. The van der Waals surface area contributed by atoms with Gasteiger partial charge in [-0.05, 0) is 38.5 Å². The van der Waals surface area contributed by atoms with Gasteiger partial charge in [0.2, 0.25) is 0 Å². The molecule has 0 saturated heterocycles. The average Bonchev–Trinajstić information content (AvgIpc) is 2.67. The number of aliphatic hydroxyl groups is 1. The van der Waals surface area contributed by atoms with E-state index in [0.29, 0.717) is 12.0 Å². The summed E-state index contributed by atoms with van der Waals surface area (Å²) in [6, 6.07) is 0. The average molecular weight is 171 g/mol. The predicted octanol–water partition coefficient (Wildman–Crippen LogP) is 1.54. The highest BCUT2D eigenvalue weighted by Gasteiger charge is 2.40. The fraction of sp³-hybridized carbons (Fsp3) is 1.00. The third-order valence-corrected chi connectivity index (χ3v) is 2.76. The Labute approximate surface area is 75.4 Å². The van der Waals surface area contributed by atoms with Crippen LogP contribution in [0.25, 0.3) is 0 Å². The lowest BCUT2D eigenvalue weighted by Gasteiger charge is -2.20. The summed E-state index contributed by atoms with van der Waals surface area (Å²) in [5.41, 5.74) is 0.0229. The molecule has 0 bridgehead atoms. The lowest BCUT2D eigenvalue weighted by Crippen LogP contribution is -2.37. The van der Waals surface area contributed by atoms with E-state index >= 15 is 0 Å². The second kappa shape index (κ2) is 3.35. The molecule has 0 atom stereocenters. The minimum atomic E-state index is -0.566. The van der Waals surface area contributed by atoms with Crippen molar-refractivity contribution < 1.29 is 5.11 Å². The highest BCUT2D eigenvalue weighted by Crippen LogP contribution is 2.47. The molecule has 1 aliphatic carbocycles. The van der Waals surface area contributed by atoms with Gasteiger partial charge >= 0.3 is 0 Å². The van der Waals surface area contributed by atoms with E-state index in [9.17, 15) is 5.11 Å². The van der Waals surface area contributed by atoms with Gasteiger partial charge < -0.3 is 10.4 Å². The monoisotopic (exact) mass is 171 g/mol. The van der Waals surface area contributed by atoms with Gasteiger partial charge in [0.05, 0.1) is 5.60 Å². The van der Waals surface area contributed by atoms with E-state index in [1.54, 1.807) is 0 Å². The van der Waals surface area contributed by atoms with Gasteiger partial charge in [0, 0.05) is 13.1 Å². The van der Waals surface area contributed by atoms with E-state index in [4.69, 9.17) is 0 Å². The standard InChI is InChI=1S/C10H21NO/c1-4-10(5-6-10)8-11-7-9(2,3)12/h11-12H,4-8H2,1-3H3. The van der Waals surface area contributed by atoms with Crippen LogP contribution in [0.3, 0.4) is 0 Å². The highest BCUT2D eigenvalue weighted by atomic mass is 16.3. The van der Waals surface area contributed by atoms with Gasteiger partial charge in [0.1, 0.15) is 0 Å². The molecule has 2 heteroatoms. The molecule has 2 N–H and O–H groups in total. The number of hydrogen-bond donors (Lipinski definition) is 2. The van der Waals surface area contributed by atoms with Gasteiger partial charge in [-0.3, -0.25) is 0 Å². The molecule has 1 aliphatic rings. The Morgan fingerprint density at radius 1 is 1.42 bits per heavy atom. The summed E-state index contributed by atoms with van der Waals surface area (Å²) in [4.78, 5) is 0. The predicted molar refractivity (Wildman–Crippen MR) is 51.1 cm³/mol. The summed E-state index contributed by atoms with van der Waals surface area (Å²) in [7, 11) is 0. The number of rotatable bonds is 5. The Hall–Kier alpha value is -0.0800. The second-order valence-corrected chi connectivity index (χ2v) is 4.77. The second-order valence-electron chi connectivity index (χ2n) is 4.77. The van der Waals surface area contributed by atoms with Gasteiger partial charge in [0.25, 0.3) is 0 Å². The maximum Gasteiger partial charge on any atom is 0.0715 e. The molecular weight excluding hydrogens is 150 g/mol. The summed E-state index contributed by atoms with van der Waals surface area (Å²) in [5.74, 6) is 0. The van der Waals surface area contributed by atoms with Crippen LogP contribution in [0.1, 0.15) is 40.0 Å². The lowest BCUT2D eigenvalue weighted by atomic mass is 10.0. The molecule has 0 heterocycles. The molecule has 1 fully saturated rings. The van der Waals surface area contributed by atoms with Crippen LogP contribution in [0.4, 0.5) is 0 Å². The van der Waals surface area contributed by atoms with Gasteiger partial charge in [0.15, 0.2) is 0 Å². The Balaban J connectivity index is 2.10. The van der Waals surface area contributed by atoms with Crippen LogP contribution in [0, 0.1) is 5.41 Å². The van der Waals surface area contributed by atoms with Crippen molar-refractivity contribution >= 4 is 0 Å². The van der Waals surface area contributed by atoms with Crippen molar-refractivity contribution in [3.63, 3.8) is 0 Å². The first-order valence-electron chi connectivity index (χ1n) is 4.91. The number of hydrogen-bond acceptors (Lipinski definition) is 2. The first-order chi connectivity index (χ1) is 5.47. The Bertz CT molecular complexity index is 144.